The molecule has 0 saturated heterocycles. The first kappa shape index (κ1) is 16.9. The van der Waals surface area contributed by atoms with Gasteiger partial charge in [0.2, 0.25) is 0 Å². The van der Waals surface area contributed by atoms with Gasteiger partial charge >= 0.3 is 0 Å². The Bertz CT molecular complexity index is 470. The largest absolute Gasteiger partial charge is 0.462 e. The van der Waals surface area contributed by atoms with Gasteiger partial charge in [0.1, 0.15) is 17.3 Å². The molecule has 0 aromatic carbocycles. The van der Waals surface area contributed by atoms with E-state index >= 15 is 0 Å². The second kappa shape index (κ2) is 9.86. The predicted octanol–water partition coefficient (Wildman–Crippen LogP) is 3.05. The first-order valence-electron chi connectivity index (χ1n) is 5.32. The second-order valence-electron chi connectivity index (χ2n) is 3.25. The number of allylic oxidation sites excluding steroid dienone is 6. The first-order valence-corrected chi connectivity index (χ1v) is 5.86. The third kappa shape index (κ3) is 7.74. The third-order valence-electron chi connectivity index (χ3n) is 1.80. The fourth-order valence-electron chi connectivity index (χ4n) is 0.966. The van der Waals surface area contributed by atoms with Crippen LogP contribution in [0.2, 0.25) is 0 Å². The summed E-state index contributed by atoms with van der Waals surface area (Å²) in [5, 5.41) is 2.53. The minimum atomic E-state index is -0.622. The first-order chi connectivity index (χ1) is 9.04. The summed E-state index contributed by atoms with van der Waals surface area (Å²) in [6, 6.07) is 2.21. The maximum absolute atomic E-state index is 13.4. The molecule has 0 aromatic heterocycles. The van der Waals surface area contributed by atoms with Crippen LogP contribution < -0.4 is 11.1 Å². The number of ether oxygens (including phenoxy) is 1. The summed E-state index contributed by atoms with van der Waals surface area (Å²) in [6.07, 6.45) is 12.1. The van der Waals surface area contributed by atoms with Crippen LogP contribution in [0.15, 0.2) is 60.1 Å². The fraction of sp³-hybridized carbons (Fsp3) is 0.143. The lowest BCUT2D eigenvalue weighted by molar-refractivity contribution is 0.320. The zero-order valence-corrected chi connectivity index (χ0v) is 11.4. The quantitative estimate of drug-likeness (QED) is 0.248. The minimum absolute atomic E-state index is 0.0598. The van der Waals surface area contributed by atoms with Crippen LogP contribution in [0, 0.1) is 12.5 Å². The van der Waals surface area contributed by atoms with Crippen molar-refractivity contribution in [2.24, 2.45) is 5.73 Å². The minimum Gasteiger partial charge on any atom is -0.462 e. The van der Waals surface area contributed by atoms with Crippen LogP contribution in [0.1, 0.15) is 6.92 Å². The molecule has 0 aromatic rings. The van der Waals surface area contributed by atoms with Gasteiger partial charge in [0.05, 0.1) is 5.70 Å². The van der Waals surface area contributed by atoms with Gasteiger partial charge < -0.3 is 15.8 Å². The van der Waals surface area contributed by atoms with Gasteiger partial charge in [-0.25, -0.2) is 4.39 Å². The Kier molecular flexibility index (Phi) is 8.76. The maximum atomic E-state index is 13.4. The number of hydrogen-bond donors (Lipinski definition) is 2. The van der Waals surface area contributed by atoms with Crippen molar-refractivity contribution in [3.05, 3.63) is 60.1 Å². The number of alkyl halides is 1. The smallest absolute Gasteiger partial charge is 0.149 e. The van der Waals surface area contributed by atoms with Crippen molar-refractivity contribution >= 4 is 11.6 Å². The van der Waals surface area contributed by atoms with Crippen LogP contribution in [0.25, 0.3) is 0 Å². The molecule has 0 spiro atoms. The van der Waals surface area contributed by atoms with Crippen LogP contribution >= 0.6 is 11.6 Å². The van der Waals surface area contributed by atoms with E-state index in [-0.39, 0.29) is 11.6 Å². The van der Waals surface area contributed by atoms with E-state index in [2.05, 4.69) is 17.9 Å². The Balaban J connectivity index is 4.88. The summed E-state index contributed by atoms with van der Waals surface area (Å²) < 4.78 is 18.8. The number of nitrogens with one attached hydrogen (secondary N) is 1. The van der Waals surface area contributed by atoms with E-state index < -0.39 is 5.83 Å². The van der Waals surface area contributed by atoms with Crippen molar-refractivity contribution in [3.63, 3.8) is 0 Å². The van der Waals surface area contributed by atoms with Gasteiger partial charge in [-0.05, 0) is 25.2 Å². The van der Waals surface area contributed by atoms with Crippen LogP contribution in [-0.4, -0.2) is 5.88 Å². The average molecular weight is 283 g/mol. The molecule has 102 valence electrons. The molecule has 0 aliphatic rings. The van der Waals surface area contributed by atoms with Gasteiger partial charge in [-0.15, -0.1) is 11.6 Å². The van der Waals surface area contributed by atoms with Crippen LogP contribution in [0.5, 0.6) is 0 Å². The lowest BCUT2D eigenvalue weighted by Gasteiger charge is -2.06. The predicted molar refractivity (Wildman–Crippen MR) is 77.3 cm³/mol. The van der Waals surface area contributed by atoms with Crippen molar-refractivity contribution in [1.29, 1.82) is 0 Å². The van der Waals surface area contributed by atoms with Gasteiger partial charge in [0, 0.05) is 24.2 Å². The summed E-state index contributed by atoms with van der Waals surface area (Å²) in [4.78, 5) is 0. The molecule has 0 unspecified atom stereocenters. The summed E-state index contributed by atoms with van der Waals surface area (Å²) in [7, 11) is 0. The van der Waals surface area contributed by atoms with Crippen LogP contribution in [0.3, 0.4) is 0 Å². The number of rotatable bonds is 7. The second-order valence-corrected chi connectivity index (χ2v) is 3.56. The zero-order chi connectivity index (χ0) is 14.7. The van der Waals surface area contributed by atoms with Gasteiger partial charge in [-0.2, -0.15) is 0 Å². The molecule has 0 rings (SSSR count). The monoisotopic (exact) mass is 282 g/mol. The SMILES string of the molecule is C#CN/C=C\C(=C/CCl)O/C(C)=C/C(F)=C(/N)C=C. The van der Waals surface area contributed by atoms with E-state index in [0.29, 0.717) is 11.5 Å². The highest BCUT2D eigenvalue weighted by Gasteiger charge is 2.00. The van der Waals surface area contributed by atoms with Crippen molar-refractivity contribution in [2.75, 3.05) is 5.88 Å². The zero-order valence-electron chi connectivity index (χ0n) is 10.6. The summed E-state index contributed by atoms with van der Waals surface area (Å²) in [6.45, 7) is 4.95. The average Bonchev–Trinajstić information content (AvgIpc) is 2.38. The van der Waals surface area contributed by atoms with E-state index in [1.807, 2.05) is 0 Å². The third-order valence-corrected chi connectivity index (χ3v) is 1.95. The van der Waals surface area contributed by atoms with Gasteiger partial charge in [-0.1, -0.05) is 13.0 Å². The Hall–Kier alpha value is -2.12. The Labute approximate surface area is 118 Å². The molecule has 5 heteroatoms. The summed E-state index contributed by atoms with van der Waals surface area (Å²) in [5.74, 6) is 0.361. The van der Waals surface area contributed by atoms with Crippen molar-refractivity contribution in [1.82, 2.24) is 5.32 Å². The molecule has 0 heterocycles. The Morgan fingerprint density at radius 1 is 1.63 bits per heavy atom. The molecule has 0 bridgehead atoms. The normalized spacial score (nSPS) is 13.8. The van der Waals surface area contributed by atoms with E-state index in [0.717, 1.165) is 6.08 Å². The van der Waals surface area contributed by atoms with Crippen LogP contribution in [0.4, 0.5) is 4.39 Å². The van der Waals surface area contributed by atoms with Gasteiger partial charge in [-0.3, -0.25) is 0 Å². The van der Waals surface area contributed by atoms with E-state index in [9.17, 15) is 4.39 Å². The number of halogens is 2. The van der Waals surface area contributed by atoms with Crippen molar-refractivity contribution < 1.29 is 9.13 Å². The lowest BCUT2D eigenvalue weighted by Crippen LogP contribution is -1.97. The highest BCUT2D eigenvalue weighted by atomic mass is 35.5. The van der Waals surface area contributed by atoms with E-state index in [4.69, 9.17) is 28.5 Å². The highest BCUT2D eigenvalue weighted by Crippen LogP contribution is 2.13. The molecule has 0 fully saturated rings. The number of nitrogens with two attached hydrogens (primary N) is 1. The molecular formula is C14H16ClFN2O. The van der Waals surface area contributed by atoms with Crippen LogP contribution in [-0.2, 0) is 4.74 Å². The van der Waals surface area contributed by atoms with Crippen molar-refractivity contribution in [3.8, 4) is 12.5 Å². The van der Waals surface area contributed by atoms with Gasteiger partial charge in [0.15, 0.2) is 0 Å². The maximum Gasteiger partial charge on any atom is 0.149 e. The van der Waals surface area contributed by atoms with Gasteiger partial charge in [0.25, 0.3) is 0 Å². The molecule has 19 heavy (non-hydrogen) atoms. The highest BCUT2D eigenvalue weighted by molar-refractivity contribution is 6.18. The van der Waals surface area contributed by atoms with E-state index in [1.54, 1.807) is 19.1 Å². The summed E-state index contributed by atoms with van der Waals surface area (Å²) >= 11 is 5.58. The number of hydrogen-bond acceptors (Lipinski definition) is 3. The Morgan fingerprint density at radius 2 is 2.32 bits per heavy atom. The number of terminal acetylenes is 1. The lowest BCUT2D eigenvalue weighted by atomic mass is 10.3. The Morgan fingerprint density at radius 3 is 2.84 bits per heavy atom. The van der Waals surface area contributed by atoms with E-state index in [1.165, 1.54) is 12.3 Å². The molecule has 0 aliphatic heterocycles. The molecule has 3 N–H and O–H groups in total. The molecule has 0 saturated carbocycles. The molecule has 0 radical (unpaired) electrons. The standard InChI is InChI=1S/C14H16ClFN2O/c1-4-14(17)13(16)10-11(3)19-12(6-8-15)7-9-18-5-2/h2,4,6-7,9-10,18H,1,8,17H2,3H3/b9-7-,11-10+,12-6+,14-13-. The molecule has 0 aliphatic carbocycles. The molecule has 3 nitrogen and oxygen atoms in total. The molecule has 0 atom stereocenters. The molecule has 0 amide bonds. The molecular weight excluding hydrogens is 267 g/mol. The summed E-state index contributed by atoms with van der Waals surface area (Å²) in [5.41, 5.74) is 5.30. The topological polar surface area (TPSA) is 47.3 Å². The van der Waals surface area contributed by atoms with Crippen molar-refractivity contribution in [2.45, 2.75) is 6.92 Å². The fourth-order valence-corrected chi connectivity index (χ4v) is 1.12.